The smallest absolute Gasteiger partial charge is 0.416 e. The van der Waals surface area contributed by atoms with Gasteiger partial charge in [-0.2, -0.15) is 13.2 Å². The van der Waals surface area contributed by atoms with Gasteiger partial charge in [-0.25, -0.2) is 4.79 Å². The molecule has 2 aromatic rings. The van der Waals surface area contributed by atoms with Gasteiger partial charge in [0.05, 0.1) is 11.6 Å². The molecule has 3 saturated heterocycles. The summed E-state index contributed by atoms with van der Waals surface area (Å²) in [5.41, 5.74) is 3.15. The molecule has 31 heavy (non-hydrogen) atoms. The van der Waals surface area contributed by atoms with Crippen LogP contribution in [-0.4, -0.2) is 36.7 Å². The number of aryl methyl sites for hydroxylation is 1. The van der Waals surface area contributed by atoms with Gasteiger partial charge in [-0.3, -0.25) is 4.90 Å². The lowest BCUT2D eigenvalue weighted by molar-refractivity contribution is -0.137. The van der Waals surface area contributed by atoms with Crippen molar-refractivity contribution in [1.82, 2.24) is 10.2 Å². The molecule has 0 spiro atoms. The summed E-state index contributed by atoms with van der Waals surface area (Å²) in [6.45, 7) is 3.03. The summed E-state index contributed by atoms with van der Waals surface area (Å²) in [5, 5.41) is 3.02. The van der Waals surface area contributed by atoms with Gasteiger partial charge in [-0.1, -0.05) is 30.3 Å². The quantitative estimate of drug-likeness (QED) is 0.730. The van der Waals surface area contributed by atoms with Crippen molar-refractivity contribution in [2.24, 2.45) is 5.92 Å². The first-order valence-corrected chi connectivity index (χ1v) is 10.9. The Bertz CT molecular complexity index is 966. The van der Waals surface area contributed by atoms with Gasteiger partial charge in [0.25, 0.3) is 0 Å². The highest BCUT2D eigenvalue weighted by Crippen LogP contribution is 2.36. The number of benzene rings is 2. The summed E-state index contributed by atoms with van der Waals surface area (Å²) >= 11 is 0. The highest BCUT2D eigenvalue weighted by atomic mass is 19.4. The predicted octanol–water partition coefficient (Wildman–Crippen LogP) is 5.18. The number of carbonyl (C=O) groups is 1. The molecule has 4 nitrogen and oxygen atoms in total. The average Bonchev–Trinajstić information content (AvgIpc) is 3.16. The summed E-state index contributed by atoms with van der Waals surface area (Å²) < 4.78 is 44.1. The molecule has 3 aliphatic heterocycles. The Morgan fingerprint density at radius 2 is 1.71 bits per heavy atom. The van der Waals surface area contributed by atoms with Crippen molar-refractivity contribution in [3.63, 3.8) is 0 Å². The Kier molecular flexibility index (Phi) is 5.16. The summed E-state index contributed by atoms with van der Waals surface area (Å²) in [7, 11) is 0. The van der Waals surface area contributed by atoms with Crippen LogP contribution in [0.4, 0.5) is 18.0 Å². The van der Waals surface area contributed by atoms with E-state index in [1.807, 2.05) is 18.2 Å². The molecule has 3 fully saturated rings. The van der Waals surface area contributed by atoms with E-state index in [0.717, 1.165) is 79.7 Å². The molecule has 0 radical (unpaired) electrons. The minimum Gasteiger partial charge on any atom is -0.445 e. The van der Waals surface area contributed by atoms with Crippen molar-refractivity contribution >= 4 is 6.09 Å². The fourth-order valence-electron chi connectivity index (χ4n) is 5.16. The van der Waals surface area contributed by atoms with Crippen molar-refractivity contribution in [3.05, 3.63) is 59.2 Å². The van der Waals surface area contributed by atoms with Crippen LogP contribution < -0.4 is 5.32 Å². The van der Waals surface area contributed by atoms with Gasteiger partial charge in [0.2, 0.25) is 0 Å². The molecule has 0 saturated carbocycles. The number of nitrogens with one attached hydrogen (secondary N) is 1. The van der Waals surface area contributed by atoms with Crippen LogP contribution in [0.5, 0.6) is 0 Å². The molecule has 1 amide bonds. The monoisotopic (exact) mass is 430 g/mol. The molecule has 2 atom stereocenters. The molecule has 7 heteroatoms. The number of hydrogen-bond donors (Lipinski definition) is 1. The molecule has 6 rings (SSSR count). The number of amides is 1. The minimum absolute atomic E-state index is 0.0228. The summed E-state index contributed by atoms with van der Waals surface area (Å²) in [4.78, 5) is 14.9. The van der Waals surface area contributed by atoms with Crippen LogP contribution in [0, 0.1) is 5.92 Å². The third-order valence-corrected chi connectivity index (χ3v) is 6.91. The third-order valence-electron chi connectivity index (χ3n) is 6.91. The number of rotatable bonds is 3. The van der Waals surface area contributed by atoms with Crippen LogP contribution >= 0.6 is 0 Å². The van der Waals surface area contributed by atoms with E-state index < -0.39 is 11.7 Å². The van der Waals surface area contributed by atoms with Crippen molar-refractivity contribution in [2.45, 2.75) is 44.0 Å². The molecular formula is C24H25F3N2O2. The van der Waals surface area contributed by atoms with E-state index in [1.54, 1.807) is 0 Å². The van der Waals surface area contributed by atoms with Crippen molar-refractivity contribution in [3.8, 4) is 11.1 Å². The second kappa shape index (κ2) is 7.86. The number of hydrogen-bond acceptors (Lipinski definition) is 3. The van der Waals surface area contributed by atoms with Gasteiger partial charge in [-0.05, 0) is 79.1 Å². The third kappa shape index (κ3) is 4.15. The van der Waals surface area contributed by atoms with Gasteiger partial charge in [0.15, 0.2) is 0 Å². The average molecular weight is 430 g/mol. The van der Waals surface area contributed by atoms with Crippen LogP contribution in [0.1, 0.15) is 42.0 Å². The van der Waals surface area contributed by atoms with Crippen molar-refractivity contribution in [2.75, 3.05) is 19.6 Å². The molecular weight excluding hydrogens is 405 g/mol. The molecule has 2 bridgehead atoms. The van der Waals surface area contributed by atoms with E-state index in [4.69, 9.17) is 4.74 Å². The predicted molar refractivity (Wildman–Crippen MR) is 111 cm³/mol. The summed E-state index contributed by atoms with van der Waals surface area (Å²) in [6, 6.07) is 11.0. The lowest BCUT2D eigenvalue weighted by Crippen LogP contribution is -2.52. The van der Waals surface area contributed by atoms with Gasteiger partial charge < -0.3 is 10.1 Å². The maximum Gasteiger partial charge on any atom is 0.416 e. The lowest BCUT2D eigenvalue weighted by atomic mass is 9.86. The minimum atomic E-state index is -4.33. The summed E-state index contributed by atoms with van der Waals surface area (Å²) in [5.74, 6) is 0.470. The van der Waals surface area contributed by atoms with Crippen LogP contribution in [0.25, 0.3) is 11.1 Å². The topological polar surface area (TPSA) is 41.6 Å². The number of nitrogens with zero attached hydrogens (tertiary/aromatic N) is 1. The Morgan fingerprint density at radius 3 is 2.35 bits per heavy atom. The number of carbonyl (C=O) groups excluding carboxylic acids is 1. The zero-order chi connectivity index (χ0) is 21.6. The zero-order valence-corrected chi connectivity index (χ0v) is 17.1. The Hall–Kier alpha value is -2.54. The van der Waals surface area contributed by atoms with Gasteiger partial charge >= 0.3 is 12.3 Å². The van der Waals surface area contributed by atoms with Crippen LogP contribution in [0.3, 0.4) is 0 Å². The first kappa shape index (κ1) is 20.4. The normalized spacial score (nSPS) is 27.1. The Balaban J connectivity index is 1.24. The Morgan fingerprint density at radius 1 is 1.00 bits per heavy atom. The standard InChI is InChI=1S/C24H25F3N2O2/c25-24(26,27)19-5-1-15(2-6-19)17-3-7-20-18(13-17)4-8-21(20)28-23(30)31-22-14-29-11-9-16(22)10-12-29/h1-3,5-7,13,16,21-22H,4,8-12,14H2,(H,28,30)/t21?,22-/m0/s1. The number of halogens is 3. The zero-order valence-electron chi connectivity index (χ0n) is 17.1. The molecule has 1 aliphatic carbocycles. The summed E-state index contributed by atoms with van der Waals surface area (Å²) in [6.07, 6.45) is -0.920. The van der Waals surface area contributed by atoms with Crippen molar-refractivity contribution < 1.29 is 22.7 Å². The van der Waals surface area contributed by atoms with E-state index in [0.29, 0.717) is 5.92 Å². The molecule has 1 N–H and O–H groups in total. The maximum atomic E-state index is 12.8. The highest BCUT2D eigenvalue weighted by Gasteiger charge is 2.37. The van der Waals surface area contributed by atoms with E-state index in [2.05, 4.69) is 10.2 Å². The molecule has 2 aromatic carbocycles. The van der Waals surface area contributed by atoms with Gasteiger partial charge in [0, 0.05) is 6.54 Å². The molecule has 1 unspecified atom stereocenters. The molecule has 4 aliphatic rings. The number of fused-ring (bicyclic) bond motifs is 4. The van der Waals surface area contributed by atoms with Crippen molar-refractivity contribution in [1.29, 1.82) is 0 Å². The largest absolute Gasteiger partial charge is 0.445 e. The second-order valence-corrected chi connectivity index (χ2v) is 8.81. The number of ether oxygens (including phenoxy) is 1. The number of alkyl carbamates (subject to hydrolysis) is 1. The fraction of sp³-hybridized carbons (Fsp3) is 0.458. The van der Waals surface area contributed by atoms with Crippen LogP contribution in [-0.2, 0) is 17.3 Å². The Labute approximate surface area is 179 Å². The first-order chi connectivity index (χ1) is 14.9. The maximum absolute atomic E-state index is 12.8. The number of piperidine rings is 3. The highest BCUT2D eigenvalue weighted by molar-refractivity contribution is 5.70. The van der Waals surface area contributed by atoms with E-state index in [9.17, 15) is 18.0 Å². The first-order valence-electron chi connectivity index (χ1n) is 10.9. The van der Waals surface area contributed by atoms with E-state index in [1.165, 1.54) is 12.1 Å². The van der Waals surface area contributed by atoms with E-state index >= 15 is 0 Å². The van der Waals surface area contributed by atoms with Crippen LogP contribution in [0.2, 0.25) is 0 Å². The van der Waals surface area contributed by atoms with Crippen LogP contribution in [0.15, 0.2) is 42.5 Å². The van der Waals surface area contributed by atoms with E-state index in [-0.39, 0.29) is 18.2 Å². The molecule has 0 aromatic heterocycles. The molecule has 164 valence electrons. The second-order valence-electron chi connectivity index (χ2n) is 8.81. The van der Waals surface area contributed by atoms with Gasteiger partial charge in [-0.15, -0.1) is 0 Å². The lowest BCUT2D eigenvalue weighted by Gasteiger charge is -2.43. The van der Waals surface area contributed by atoms with Gasteiger partial charge in [0.1, 0.15) is 6.10 Å². The fourth-order valence-corrected chi connectivity index (χ4v) is 5.16. The number of alkyl halides is 3. The SMILES string of the molecule is O=C(NC1CCc2cc(-c3ccc(C(F)(F)F)cc3)ccc21)O[C@H]1CN2CCC1CC2. The molecule has 3 heterocycles.